The summed E-state index contributed by atoms with van der Waals surface area (Å²) in [5, 5.41) is 8.45. The first-order chi connectivity index (χ1) is 15.0. The van der Waals surface area contributed by atoms with E-state index in [9.17, 15) is 9.59 Å². The predicted octanol–water partition coefficient (Wildman–Crippen LogP) is 2.60. The minimum atomic E-state index is -0.373. The van der Waals surface area contributed by atoms with Crippen LogP contribution in [0.5, 0.6) is 5.75 Å². The molecule has 31 heavy (non-hydrogen) atoms. The lowest BCUT2D eigenvalue weighted by atomic mass is 10.1. The number of methoxy groups -OCH3 is 2. The number of carbonyl (C=O) groups excluding carboxylic acids is 2. The standard InChI is InChI=1S/C22H27N3O5S/c1-28-13-5-12-23-21(27)18-6-3-4-7-19(18)24-22(31)25-20(26)16-8-10-17(11-9-16)30-15-14-29-2/h3-4,6-11H,5,12-15H2,1-2H3,(H,23,27)(H2,24,25,26,31). The number of amides is 2. The number of thiocarbonyl (C=S) groups is 1. The van der Waals surface area contributed by atoms with Crippen LogP contribution in [0.15, 0.2) is 48.5 Å². The van der Waals surface area contributed by atoms with Crippen LogP contribution < -0.4 is 20.7 Å². The summed E-state index contributed by atoms with van der Waals surface area (Å²) in [5.74, 6) is 0.0274. The van der Waals surface area contributed by atoms with Crippen molar-refractivity contribution >= 4 is 34.8 Å². The summed E-state index contributed by atoms with van der Waals surface area (Å²) in [6.45, 7) is 1.97. The number of benzene rings is 2. The van der Waals surface area contributed by atoms with Crippen molar-refractivity contribution in [3.63, 3.8) is 0 Å². The van der Waals surface area contributed by atoms with Gasteiger partial charge in [-0.2, -0.15) is 0 Å². The molecule has 0 saturated carbocycles. The molecule has 0 aromatic heterocycles. The first-order valence-corrected chi connectivity index (χ1v) is 10.2. The van der Waals surface area contributed by atoms with Gasteiger partial charge in [0.15, 0.2) is 5.11 Å². The van der Waals surface area contributed by atoms with Crippen LogP contribution in [0.2, 0.25) is 0 Å². The molecule has 0 heterocycles. The smallest absolute Gasteiger partial charge is 0.257 e. The van der Waals surface area contributed by atoms with Crippen LogP contribution in [0.25, 0.3) is 0 Å². The molecule has 2 rings (SSSR count). The molecule has 0 bridgehead atoms. The third-order valence-corrected chi connectivity index (χ3v) is 4.33. The highest BCUT2D eigenvalue weighted by molar-refractivity contribution is 7.80. The average molecular weight is 446 g/mol. The van der Waals surface area contributed by atoms with E-state index in [1.165, 1.54) is 0 Å². The van der Waals surface area contributed by atoms with Gasteiger partial charge in [-0.25, -0.2) is 0 Å². The largest absolute Gasteiger partial charge is 0.491 e. The van der Waals surface area contributed by atoms with Crippen LogP contribution in [-0.2, 0) is 9.47 Å². The molecule has 2 amide bonds. The van der Waals surface area contributed by atoms with Crippen molar-refractivity contribution in [3.05, 3.63) is 59.7 Å². The van der Waals surface area contributed by atoms with E-state index in [-0.39, 0.29) is 16.9 Å². The van der Waals surface area contributed by atoms with Gasteiger partial charge in [-0.3, -0.25) is 14.9 Å². The van der Waals surface area contributed by atoms with E-state index in [1.54, 1.807) is 62.8 Å². The van der Waals surface area contributed by atoms with Gasteiger partial charge < -0.3 is 24.8 Å². The Balaban J connectivity index is 1.92. The minimum Gasteiger partial charge on any atom is -0.491 e. The number of para-hydroxylation sites is 1. The van der Waals surface area contributed by atoms with E-state index in [0.717, 1.165) is 0 Å². The van der Waals surface area contributed by atoms with Crippen molar-refractivity contribution < 1.29 is 23.8 Å². The van der Waals surface area contributed by atoms with Crippen molar-refractivity contribution in [2.24, 2.45) is 0 Å². The number of rotatable bonds is 11. The van der Waals surface area contributed by atoms with Crippen molar-refractivity contribution in [1.29, 1.82) is 0 Å². The fourth-order valence-corrected chi connectivity index (χ4v) is 2.78. The monoisotopic (exact) mass is 445 g/mol. The molecule has 0 saturated heterocycles. The van der Waals surface area contributed by atoms with Crippen LogP contribution in [0.4, 0.5) is 5.69 Å². The Morgan fingerprint density at radius 3 is 2.32 bits per heavy atom. The van der Waals surface area contributed by atoms with E-state index in [4.69, 9.17) is 26.4 Å². The van der Waals surface area contributed by atoms with Crippen LogP contribution >= 0.6 is 12.2 Å². The van der Waals surface area contributed by atoms with Crippen LogP contribution in [0.1, 0.15) is 27.1 Å². The fourth-order valence-electron chi connectivity index (χ4n) is 2.58. The van der Waals surface area contributed by atoms with Crippen molar-refractivity contribution in [2.45, 2.75) is 6.42 Å². The SMILES string of the molecule is COCCCNC(=O)c1ccccc1NC(=S)NC(=O)c1ccc(OCCOC)cc1. The molecule has 8 nitrogen and oxygen atoms in total. The maximum Gasteiger partial charge on any atom is 0.257 e. The van der Waals surface area contributed by atoms with Crippen LogP contribution in [0, 0.1) is 0 Å². The Bertz CT molecular complexity index is 874. The summed E-state index contributed by atoms with van der Waals surface area (Å²) in [5.41, 5.74) is 1.35. The van der Waals surface area contributed by atoms with Gasteiger partial charge in [-0.1, -0.05) is 12.1 Å². The normalized spacial score (nSPS) is 10.3. The first kappa shape index (κ1) is 24.3. The zero-order valence-electron chi connectivity index (χ0n) is 17.6. The Kier molecular flexibility index (Phi) is 10.4. The molecule has 3 N–H and O–H groups in total. The number of carbonyl (C=O) groups is 2. The van der Waals surface area contributed by atoms with Gasteiger partial charge >= 0.3 is 0 Å². The van der Waals surface area contributed by atoms with E-state index >= 15 is 0 Å². The molecule has 0 atom stereocenters. The zero-order valence-corrected chi connectivity index (χ0v) is 18.4. The van der Waals surface area contributed by atoms with Gasteiger partial charge in [-0.15, -0.1) is 0 Å². The lowest BCUT2D eigenvalue weighted by Crippen LogP contribution is -2.35. The summed E-state index contributed by atoms with van der Waals surface area (Å²) in [6.07, 6.45) is 0.711. The summed E-state index contributed by atoms with van der Waals surface area (Å²) >= 11 is 5.25. The maximum absolute atomic E-state index is 12.4. The molecule has 9 heteroatoms. The third kappa shape index (κ3) is 8.33. The number of anilines is 1. The van der Waals surface area contributed by atoms with Crippen LogP contribution in [0.3, 0.4) is 0 Å². The van der Waals surface area contributed by atoms with Crippen LogP contribution in [-0.4, -0.2) is 57.5 Å². The van der Waals surface area contributed by atoms with Crippen molar-refractivity contribution in [1.82, 2.24) is 10.6 Å². The second-order valence-corrected chi connectivity index (χ2v) is 6.83. The quantitative estimate of drug-likeness (QED) is 0.361. The summed E-state index contributed by atoms with van der Waals surface area (Å²) < 4.78 is 15.4. The Labute approximate surface area is 187 Å². The highest BCUT2D eigenvalue weighted by atomic mass is 32.1. The summed E-state index contributed by atoms with van der Waals surface area (Å²) in [7, 11) is 3.21. The molecule has 2 aromatic rings. The van der Waals surface area contributed by atoms with Gasteiger partial charge in [0.1, 0.15) is 12.4 Å². The maximum atomic E-state index is 12.4. The molecule has 0 unspecified atom stereocenters. The van der Waals surface area contributed by atoms with Gasteiger partial charge in [-0.05, 0) is 55.0 Å². The summed E-state index contributed by atoms with van der Waals surface area (Å²) in [4.78, 5) is 24.9. The van der Waals surface area contributed by atoms with E-state index < -0.39 is 0 Å². The highest BCUT2D eigenvalue weighted by Crippen LogP contribution is 2.15. The Hall–Kier alpha value is -3.01. The van der Waals surface area contributed by atoms with Crippen molar-refractivity contribution in [2.75, 3.05) is 45.9 Å². The second kappa shape index (κ2) is 13.3. The number of hydrogen-bond acceptors (Lipinski definition) is 6. The lowest BCUT2D eigenvalue weighted by Gasteiger charge is -2.14. The molecule has 0 fully saturated rings. The average Bonchev–Trinajstić information content (AvgIpc) is 2.77. The number of hydrogen-bond donors (Lipinski definition) is 3. The molecule has 2 aromatic carbocycles. The topological polar surface area (TPSA) is 97.9 Å². The molecular formula is C22H27N3O5S. The second-order valence-electron chi connectivity index (χ2n) is 6.42. The van der Waals surface area contributed by atoms with Gasteiger partial charge in [0, 0.05) is 32.9 Å². The zero-order chi connectivity index (χ0) is 22.5. The molecule has 166 valence electrons. The molecule has 0 aliphatic heterocycles. The number of ether oxygens (including phenoxy) is 3. The predicted molar refractivity (Wildman–Crippen MR) is 123 cm³/mol. The lowest BCUT2D eigenvalue weighted by molar-refractivity contribution is 0.0947. The highest BCUT2D eigenvalue weighted by Gasteiger charge is 2.13. The Morgan fingerprint density at radius 2 is 1.61 bits per heavy atom. The minimum absolute atomic E-state index is 0.0880. The van der Waals surface area contributed by atoms with Gasteiger partial charge in [0.25, 0.3) is 11.8 Å². The first-order valence-electron chi connectivity index (χ1n) is 9.75. The third-order valence-electron chi connectivity index (χ3n) is 4.13. The molecule has 0 spiro atoms. The molecule has 0 radical (unpaired) electrons. The molecular weight excluding hydrogens is 418 g/mol. The fraction of sp³-hybridized carbons (Fsp3) is 0.318. The van der Waals surface area contributed by atoms with E-state index in [2.05, 4.69) is 16.0 Å². The Morgan fingerprint density at radius 1 is 0.903 bits per heavy atom. The molecule has 0 aliphatic rings. The summed E-state index contributed by atoms with van der Waals surface area (Å²) in [6, 6.07) is 13.6. The van der Waals surface area contributed by atoms with E-state index in [1.807, 2.05) is 0 Å². The van der Waals surface area contributed by atoms with Gasteiger partial charge in [0.2, 0.25) is 0 Å². The molecule has 0 aliphatic carbocycles. The van der Waals surface area contributed by atoms with Gasteiger partial charge in [0.05, 0.1) is 17.9 Å². The van der Waals surface area contributed by atoms with E-state index in [0.29, 0.717) is 55.4 Å². The number of nitrogens with one attached hydrogen (secondary N) is 3. The van der Waals surface area contributed by atoms with Crippen molar-refractivity contribution in [3.8, 4) is 5.75 Å².